The van der Waals surface area contributed by atoms with E-state index in [-0.39, 0.29) is 17.7 Å². The lowest BCUT2D eigenvalue weighted by Gasteiger charge is -2.12. The maximum atomic E-state index is 11.8. The lowest BCUT2D eigenvalue weighted by molar-refractivity contribution is -0.128. The Morgan fingerprint density at radius 2 is 2.17 bits per heavy atom. The molecule has 2 amide bonds. The highest BCUT2D eigenvalue weighted by Crippen LogP contribution is 2.28. The van der Waals surface area contributed by atoms with Crippen LogP contribution < -0.4 is 5.32 Å². The molecular weight excluding hydrogens is 248 g/mol. The molecule has 1 aliphatic carbocycles. The molecule has 18 heavy (non-hydrogen) atoms. The molecule has 1 saturated carbocycles. The van der Waals surface area contributed by atoms with Crippen molar-refractivity contribution in [1.29, 1.82) is 0 Å². The number of nitrogens with zero attached hydrogens (tertiary/aromatic N) is 1. The van der Waals surface area contributed by atoms with E-state index in [0.717, 1.165) is 17.5 Å². The number of hydrogen-bond acceptors (Lipinski definition) is 3. The van der Waals surface area contributed by atoms with Gasteiger partial charge in [-0.3, -0.25) is 9.59 Å². The Labute approximate surface area is 113 Å². The number of carbonyl (C=O) groups is 2. The predicted octanol–water partition coefficient (Wildman–Crippen LogP) is 1.26. The van der Waals surface area contributed by atoms with Gasteiger partial charge in [0.05, 0.1) is 5.92 Å². The van der Waals surface area contributed by atoms with E-state index in [1.807, 2.05) is 11.8 Å². The smallest absolute Gasteiger partial charge is 0.225 e. The minimum atomic E-state index is -0.140. The summed E-state index contributed by atoms with van der Waals surface area (Å²) in [6.45, 7) is 1.30. The molecular formula is C13H22N2O2S. The molecule has 0 aromatic rings. The van der Waals surface area contributed by atoms with E-state index in [2.05, 4.69) is 5.32 Å². The summed E-state index contributed by atoms with van der Waals surface area (Å²) in [5, 5.41) is 3.76. The van der Waals surface area contributed by atoms with Crippen LogP contribution in [0.3, 0.4) is 0 Å². The Bertz CT molecular complexity index is 316. The highest BCUT2D eigenvalue weighted by atomic mass is 32.2. The van der Waals surface area contributed by atoms with Crippen molar-refractivity contribution in [3.05, 3.63) is 0 Å². The number of carbonyl (C=O) groups excluding carboxylic acids is 2. The average Bonchev–Trinajstić information content (AvgIpc) is 2.96. The van der Waals surface area contributed by atoms with Gasteiger partial charge in [-0.2, -0.15) is 11.8 Å². The van der Waals surface area contributed by atoms with Crippen LogP contribution in [0.25, 0.3) is 0 Å². The van der Waals surface area contributed by atoms with Crippen molar-refractivity contribution < 1.29 is 9.59 Å². The van der Waals surface area contributed by atoms with Gasteiger partial charge in [0.2, 0.25) is 11.8 Å². The Morgan fingerprint density at radius 1 is 1.44 bits per heavy atom. The summed E-state index contributed by atoms with van der Waals surface area (Å²) in [4.78, 5) is 24.8. The zero-order chi connectivity index (χ0) is 13.0. The summed E-state index contributed by atoms with van der Waals surface area (Å²) < 4.78 is 0. The van der Waals surface area contributed by atoms with Crippen LogP contribution in [0, 0.1) is 5.92 Å². The summed E-state index contributed by atoms with van der Waals surface area (Å²) in [5.74, 6) is 0.974. The van der Waals surface area contributed by atoms with E-state index >= 15 is 0 Å². The molecule has 0 aromatic heterocycles. The maximum absolute atomic E-state index is 11.8. The summed E-state index contributed by atoms with van der Waals surface area (Å²) in [6, 6.07) is 0. The van der Waals surface area contributed by atoms with E-state index in [4.69, 9.17) is 0 Å². The molecule has 0 unspecified atom stereocenters. The quantitative estimate of drug-likeness (QED) is 0.765. The molecule has 0 radical (unpaired) electrons. The lowest BCUT2D eigenvalue weighted by atomic mass is 10.1. The molecule has 1 heterocycles. The number of thioether (sulfide) groups is 1. The first kappa shape index (κ1) is 13.7. The first-order valence-electron chi connectivity index (χ1n) is 6.80. The standard InChI is InChI=1S/C13H22N2O2S/c1-15-9-10(8-12(15)16)13(17)14-6-7-18-11-4-2-3-5-11/h10-11H,2-9H2,1H3,(H,14,17)/t10-/m0/s1. The molecule has 2 rings (SSSR count). The van der Waals surface area contributed by atoms with Gasteiger partial charge in [0, 0.05) is 37.6 Å². The van der Waals surface area contributed by atoms with Crippen LogP contribution in [0.15, 0.2) is 0 Å². The zero-order valence-electron chi connectivity index (χ0n) is 11.0. The number of amides is 2. The normalized spacial score (nSPS) is 24.8. The van der Waals surface area contributed by atoms with E-state index in [9.17, 15) is 9.59 Å². The fraction of sp³-hybridized carbons (Fsp3) is 0.846. The number of rotatable bonds is 5. The molecule has 1 atom stereocenters. The van der Waals surface area contributed by atoms with Crippen molar-refractivity contribution in [3.8, 4) is 0 Å². The van der Waals surface area contributed by atoms with E-state index in [0.29, 0.717) is 13.0 Å². The predicted molar refractivity (Wildman–Crippen MR) is 73.5 cm³/mol. The largest absolute Gasteiger partial charge is 0.355 e. The van der Waals surface area contributed by atoms with Gasteiger partial charge < -0.3 is 10.2 Å². The molecule has 0 spiro atoms. The Morgan fingerprint density at radius 3 is 2.78 bits per heavy atom. The molecule has 2 aliphatic rings. The molecule has 102 valence electrons. The molecule has 1 aliphatic heterocycles. The Balaban J connectivity index is 1.58. The van der Waals surface area contributed by atoms with Crippen molar-refractivity contribution in [2.75, 3.05) is 25.9 Å². The van der Waals surface area contributed by atoms with Crippen LogP contribution in [-0.2, 0) is 9.59 Å². The van der Waals surface area contributed by atoms with E-state index in [1.54, 1.807) is 11.9 Å². The van der Waals surface area contributed by atoms with Gasteiger partial charge in [0.15, 0.2) is 0 Å². The Kier molecular flexibility index (Phi) is 4.92. The zero-order valence-corrected chi connectivity index (χ0v) is 11.8. The van der Waals surface area contributed by atoms with Crippen LogP contribution in [0.5, 0.6) is 0 Å². The third-order valence-electron chi connectivity index (χ3n) is 3.77. The summed E-state index contributed by atoms with van der Waals surface area (Å²) >= 11 is 1.98. The monoisotopic (exact) mass is 270 g/mol. The second-order valence-electron chi connectivity index (χ2n) is 5.24. The molecule has 1 N–H and O–H groups in total. The third-order valence-corrected chi connectivity index (χ3v) is 5.15. The minimum absolute atomic E-state index is 0.0414. The van der Waals surface area contributed by atoms with Crippen LogP contribution in [0.4, 0.5) is 0 Å². The van der Waals surface area contributed by atoms with E-state index < -0.39 is 0 Å². The van der Waals surface area contributed by atoms with Crippen LogP contribution in [0.1, 0.15) is 32.1 Å². The van der Waals surface area contributed by atoms with Gasteiger partial charge >= 0.3 is 0 Å². The number of likely N-dealkylation sites (tertiary alicyclic amines) is 1. The van der Waals surface area contributed by atoms with Crippen molar-refractivity contribution in [2.45, 2.75) is 37.4 Å². The second kappa shape index (κ2) is 6.45. The summed E-state index contributed by atoms with van der Waals surface area (Å²) in [5.41, 5.74) is 0. The van der Waals surface area contributed by atoms with Crippen molar-refractivity contribution in [2.24, 2.45) is 5.92 Å². The van der Waals surface area contributed by atoms with Crippen LogP contribution >= 0.6 is 11.8 Å². The van der Waals surface area contributed by atoms with Crippen molar-refractivity contribution >= 4 is 23.6 Å². The highest BCUT2D eigenvalue weighted by molar-refractivity contribution is 7.99. The Hall–Kier alpha value is -0.710. The van der Waals surface area contributed by atoms with Gasteiger partial charge in [0.1, 0.15) is 0 Å². The van der Waals surface area contributed by atoms with Crippen LogP contribution in [0.2, 0.25) is 0 Å². The number of nitrogens with one attached hydrogen (secondary N) is 1. The number of hydrogen-bond donors (Lipinski definition) is 1. The van der Waals surface area contributed by atoms with Crippen molar-refractivity contribution in [1.82, 2.24) is 10.2 Å². The van der Waals surface area contributed by atoms with Gasteiger partial charge in [-0.15, -0.1) is 0 Å². The topological polar surface area (TPSA) is 49.4 Å². The minimum Gasteiger partial charge on any atom is -0.355 e. The molecule has 0 bridgehead atoms. The molecule has 2 fully saturated rings. The maximum Gasteiger partial charge on any atom is 0.225 e. The van der Waals surface area contributed by atoms with Gasteiger partial charge in [0.25, 0.3) is 0 Å². The molecule has 0 aromatic carbocycles. The fourth-order valence-electron chi connectivity index (χ4n) is 2.64. The third kappa shape index (κ3) is 3.64. The van der Waals surface area contributed by atoms with Crippen LogP contribution in [-0.4, -0.2) is 47.9 Å². The molecule has 4 nitrogen and oxygen atoms in total. The molecule has 5 heteroatoms. The lowest BCUT2D eigenvalue weighted by Crippen LogP contribution is -2.33. The van der Waals surface area contributed by atoms with E-state index in [1.165, 1.54) is 25.7 Å². The molecule has 1 saturated heterocycles. The summed E-state index contributed by atoms with van der Waals surface area (Å²) in [6.07, 6.45) is 5.76. The average molecular weight is 270 g/mol. The van der Waals surface area contributed by atoms with Gasteiger partial charge in [-0.1, -0.05) is 12.8 Å². The van der Waals surface area contributed by atoms with Gasteiger partial charge in [-0.25, -0.2) is 0 Å². The van der Waals surface area contributed by atoms with Gasteiger partial charge in [-0.05, 0) is 12.8 Å². The highest BCUT2D eigenvalue weighted by Gasteiger charge is 2.31. The van der Waals surface area contributed by atoms with Crippen molar-refractivity contribution in [3.63, 3.8) is 0 Å². The summed E-state index contributed by atoms with van der Waals surface area (Å²) in [7, 11) is 1.76. The first-order valence-corrected chi connectivity index (χ1v) is 7.85. The second-order valence-corrected chi connectivity index (χ2v) is 6.65. The fourth-order valence-corrected chi connectivity index (χ4v) is 3.86. The first-order chi connectivity index (χ1) is 8.66. The SMILES string of the molecule is CN1C[C@@H](C(=O)NCCSC2CCCC2)CC1=O.